The van der Waals surface area contributed by atoms with Crippen LogP contribution >= 0.6 is 0 Å². The number of ether oxygens (including phenoxy) is 1. The third-order valence-corrected chi connectivity index (χ3v) is 4.90. The lowest BCUT2D eigenvalue weighted by molar-refractivity contribution is 0.0664. The second-order valence-electron chi connectivity index (χ2n) is 6.69. The zero-order valence-corrected chi connectivity index (χ0v) is 14.4. The van der Waals surface area contributed by atoms with Gasteiger partial charge in [0.2, 0.25) is 11.7 Å². The van der Waals surface area contributed by atoms with Crippen molar-refractivity contribution in [3.8, 4) is 11.4 Å². The minimum atomic E-state index is 0.0801. The van der Waals surface area contributed by atoms with Crippen LogP contribution in [-0.2, 0) is 4.74 Å². The van der Waals surface area contributed by atoms with Gasteiger partial charge >= 0.3 is 0 Å². The van der Waals surface area contributed by atoms with E-state index in [1.807, 2.05) is 29.2 Å². The molecule has 2 aromatic rings. The summed E-state index contributed by atoms with van der Waals surface area (Å²) in [5, 5.41) is 4.06. The first kappa shape index (κ1) is 16.2. The number of hydrogen-bond acceptors (Lipinski definition) is 6. The number of nitrogens with zero attached hydrogens (tertiary/aromatic N) is 4. The Morgan fingerprint density at radius 2 is 1.92 bits per heavy atom. The number of carbonyl (C=O) groups is 1. The number of carbonyl (C=O) groups excluding carboxylic acids is 1. The summed E-state index contributed by atoms with van der Waals surface area (Å²) in [5.74, 6) is 1.46. The van der Waals surface area contributed by atoms with Gasteiger partial charge < -0.3 is 19.1 Å². The summed E-state index contributed by atoms with van der Waals surface area (Å²) < 4.78 is 10.7. The summed E-state index contributed by atoms with van der Waals surface area (Å²) in [6.07, 6.45) is 0.917. The second kappa shape index (κ2) is 6.93. The smallest absolute Gasteiger partial charge is 0.253 e. The Kier molecular flexibility index (Phi) is 4.50. The molecule has 4 rings (SSSR count). The first-order chi connectivity index (χ1) is 12.2. The Balaban J connectivity index is 1.45. The van der Waals surface area contributed by atoms with Crippen LogP contribution in [-0.4, -0.2) is 72.3 Å². The molecule has 2 saturated heterocycles. The summed E-state index contributed by atoms with van der Waals surface area (Å²) in [7, 11) is 2.08. The van der Waals surface area contributed by atoms with Gasteiger partial charge in [-0.25, -0.2) is 0 Å². The molecule has 7 nitrogen and oxygen atoms in total. The summed E-state index contributed by atoms with van der Waals surface area (Å²) >= 11 is 0. The summed E-state index contributed by atoms with van der Waals surface area (Å²) in [6.45, 7) is 4.76. The van der Waals surface area contributed by atoms with E-state index in [1.165, 1.54) is 0 Å². The topological polar surface area (TPSA) is 71.7 Å². The third-order valence-electron chi connectivity index (χ3n) is 4.90. The molecule has 1 amide bonds. The maximum Gasteiger partial charge on any atom is 0.253 e. The molecule has 0 N–H and O–H groups in total. The van der Waals surface area contributed by atoms with E-state index in [0.717, 1.165) is 44.8 Å². The van der Waals surface area contributed by atoms with E-state index in [1.54, 1.807) is 0 Å². The van der Waals surface area contributed by atoms with Crippen LogP contribution in [0.5, 0.6) is 0 Å². The number of likely N-dealkylation sites (N-methyl/N-ethyl adjacent to an activating group) is 1. The normalized spacial score (nSPS) is 21.6. The molecule has 0 aliphatic carbocycles. The van der Waals surface area contributed by atoms with Crippen LogP contribution in [0.3, 0.4) is 0 Å². The van der Waals surface area contributed by atoms with E-state index >= 15 is 0 Å². The molecule has 0 radical (unpaired) electrons. The van der Waals surface area contributed by atoms with Gasteiger partial charge in [-0.1, -0.05) is 17.3 Å². The number of piperazine rings is 1. The number of rotatable bonds is 3. The van der Waals surface area contributed by atoms with Gasteiger partial charge in [0, 0.05) is 43.9 Å². The summed E-state index contributed by atoms with van der Waals surface area (Å²) in [5.41, 5.74) is 1.55. The predicted molar refractivity (Wildman–Crippen MR) is 91.3 cm³/mol. The van der Waals surface area contributed by atoms with Crippen LogP contribution in [0.4, 0.5) is 0 Å². The van der Waals surface area contributed by atoms with E-state index in [9.17, 15) is 4.79 Å². The monoisotopic (exact) mass is 342 g/mol. The van der Waals surface area contributed by atoms with Gasteiger partial charge in [0.1, 0.15) is 0 Å². The van der Waals surface area contributed by atoms with Crippen molar-refractivity contribution in [2.24, 2.45) is 0 Å². The van der Waals surface area contributed by atoms with Crippen LogP contribution in [0.2, 0.25) is 0 Å². The molecule has 2 aliphatic rings. The molecular formula is C18H22N4O3. The second-order valence-corrected chi connectivity index (χ2v) is 6.69. The van der Waals surface area contributed by atoms with Crippen molar-refractivity contribution in [3.05, 3.63) is 35.7 Å². The molecule has 1 aromatic heterocycles. The van der Waals surface area contributed by atoms with Crippen LogP contribution in [0, 0.1) is 0 Å². The van der Waals surface area contributed by atoms with Crippen LogP contribution in [0.1, 0.15) is 28.6 Å². The molecule has 0 unspecified atom stereocenters. The molecule has 0 spiro atoms. The minimum Gasteiger partial charge on any atom is -0.381 e. The van der Waals surface area contributed by atoms with Crippen LogP contribution in [0.15, 0.2) is 28.8 Å². The highest BCUT2D eigenvalue weighted by atomic mass is 16.5. The van der Waals surface area contributed by atoms with Gasteiger partial charge in [0.05, 0.1) is 12.5 Å². The molecule has 3 heterocycles. The van der Waals surface area contributed by atoms with E-state index in [4.69, 9.17) is 9.26 Å². The Morgan fingerprint density at radius 1 is 1.16 bits per heavy atom. The van der Waals surface area contributed by atoms with Gasteiger partial charge in [0.15, 0.2) is 0 Å². The van der Waals surface area contributed by atoms with Crippen molar-refractivity contribution in [3.63, 3.8) is 0 Å². The summed E-state index contributed by atoms with van der Waals surface area (Å²) in [6, 6.07) is 7.43. The molecule has 132 valence electrons. The molecule has 25 heavy (non-hydrogen) atoms. The van der Waals surface area contributed by atoms with Gasteiger partial charge in [-0.2, -0.15) is 4.98 Å². The molecule has 2 fully saturated rings. The molecule has 0 bridgehead atoms. The minimum absolute atomic E-state index is 0.0801. The Labute approximate surface area is 146 Å². The SMILES string of the molecule is CN1CCN(C(=O)c2ccc(-c3noc([C@H]4CCOC4)n3)cc2)CC1. The van der Waals surface area contributed by atoms with Gasteiger partial charge in [-0.3, -0.25) is 4.79 Å². The highest BCUT2D eigenvalue weighted by Crippen LogP contribution is 2.26. The number of aromatic nitrogens is 2. The zero-order chi connectivity index (χ0) is 17.2. The summed E-state index contributed by atoms with van der Waals surface area (Å²) in [4.78, 5) is 21.2. The lowest BCUT2D eigenvalue weighted by Gasteiger charge is -2.32. The standard InChI is InChI=1S/C18H22N4O3/c1-21-7-9-22(10-8-21)18(23)14-4-2-13(3-5-14)16-19-17(25-20-16)15-6-11-24-12-15/h2-5,15H,6-12H2,1H3/t15-/m0/s1. The number of hydrogen-bond donors (Lipinski definition) is 0. The molecule has 1 atom stereocenters. The third kappa shape index (κ3) is 3.43. The van der Waals surface area contributed by atoms with E-state index in [-0.39, 0.29) is 11.8 Å². The molecular weight excluding hydrogens is 320 g/mol. The molecule has 2 aliphatic heterocycles. The predicted octanol–water partition coefficient (Wildman–Crippen LogP) is 1.63. The average molecular weight is 342 g/mol. The largest absolute Gasteiger partial charge is 0.381 e. The Bertz CT molecular complexity index is 729. The maximum absolute atomic E-state index is 12.6. The highest BCUT2D eigenvalue weighted by molar-refractivity contribution is 5.94. The van der Waals surface area contributed by atoms with E-state index in [2.05, 4.69) is 22.1 Å². The highest BCUT2D eigenvalue weighted by Gasteiger charge is 2.24. The van der Waals surface area contributed by atoms with Crippen molar-refractivity contribution in [1.29, 1.82) is 0 Å². The van der Waals surface area contributed by atoms with Gasteiger partial charge in [-0.15, -0.1) is 0 Å². The van der Waals surface area contributed by atoms with E-state index < -0.39 is 0 Å². The van der Waals surface area contributed by atoms with Crippen LogP contribution < -0.4 is 0 Å². The van der Waals surface area contributed by atoms with E-state index in [0.29, 0.717) is 23.9 Å². The lowest BCUT2D eigenvalue weighted by atomic mass is 10.1. The average Bonchev–Trinajstić information content (AvgIpc) is 3.33. The quantitative estimate of drug-likeness (QED) is 0.844. The van der Waals surface area contributed by atoms with Crippen molar-refractivity contribution >= 4 is 5.91 Å². The maximum atomic E-state index is 12.6. The Hall–Kier alpha value is -2.25. The molecule has 7 heteroatoms. The van der Waals surface area contributed by atoms with Gasteiger partial charge in [-0.05, 0) is 25.6 Å². The fourth-order valence-electron chi connectivity index (χ4n) is 3.20. The van der Waals surface area contributed by atoms with Crippen molar-refractivity contribution < 1.29 is 14.1 Å². The lowest BCUT2D eigenvalue weighted by Crippen LogP contribution is -2.47. The fraction of sp³-hybridized carbons (Fsp3) is 0.500. The fourth-order valence-corrected chi connectivity index (χ4v) is 3.20. The van der Waals surface area contributed by atoms with Gasteiger partial charge in [0.25, 0.3) is 5.91 Å². The molecule has 0 saturated carbocycles. The van der Waals surface area contributed by atoms with Crippen molar-refractivity contribution in [1.82, 2.24) is 19.9 Å². The zero-order valence-electron chi connectivity index (χ0n) is 14.4. The van der Waals surface area contributed by atoms with Crippen LogP contribution in [0.25, 0.3) is 11.4 Å². The Morgan fingerprint density at radius 3 is 2.60 bits per heavy atom. The number of amides is 1. The van der Waals surface area contributed by atoms with Crippen molar-refractivity contribution in [2.45, 2.75) is 12.3 Å². The first-order valence-corrected chi connectivity index (χ1v) is 8.70. The molecule has 1 aromatic carbocycles. The number of benzene rings is 1. The van der Waals surface area contributed by atoms with Crippen molar-refractivity contribution in [2.75, 3.05) is 46.4 Å². The first-order valence-electron chi connectivity index (χ1n) is 8.70.